The van der Waals surface area contributed by atoms with Crippen LogP contribution in [0, 0.1) is 0 Å². The number of anilines is 4. The van der Waals surface area contributed by atoms with Gasteiger partial charge in [0.2, 0.25) is 16.0 Å². The number of hydrogen-bond donors (Lipinski definition) is 4. The van der Waals surface area contributed by atoms with Gasteiger partial charge in [0, 0.05) is 43.6 Å². The smallest absolute Gasteiger partial charge is 0.407 e. The van der Waals surface area contributed by atoms with Crippen LogP contribution in [0.1, 0.15) is 31.2 Å². The summed E-state index contributed by atoms with van der Waals surface area (Å²) in [4.78, 5) is 23.7. The minimum absolute atomic E-state index is 0.142. The van der Waals surface area contributed by atoms with E-state index in [0.717, 1.165) is 48.9 Å². The van der Waals surface area contributed by atoms with Gasteiger partial charge in [0.1, 0.15) is 5.02 Å². The van der Waals surface area contributed by atoms with Crippen LogP contribution in [-0.4, -0.2) is 73.0 Å². The van der Waals surface area contributed by atoms with Crippen LogP contribution in [0.3, 0.4) is 0 Å². The summed E-state index contributed by atoms with van der Waals surface area (Å²) in [7, 11) is -1.41. The maximum Gasteiger partial charge on any atom is 0.407 e. The first kappa shape index (κ1) is 25.3. The van der Waals surface area contributed by atoms with Gasteiger partial charge >= 0.3 is 6.09 Å². The second-order valence-corrected chi connectivity index (χ2v) is 11.2. The van der Waals surface area contributed by atoms with E-state index < -0.39 is 16.1 Å². The molecule has 0 unspecified atom stereocenters. The zero-order valence-corrected chi connectivity index (χ0v) is 21.2. The quantitative estimate of drug-likeness (QED) is 0.449. The van der Waals surface area contributed by atoms with E-state index in [9.17, 15) is 18.3 Å². The van der Waals surface area contributed by atoms with Gasteiger partial charge in [-0.3, -0.25) is 0 Å². The summed E-state index contributed by atoms with van der Waals surface area (Å²) in [6.07, 6.45) is 5.19. The third kappa shape index (κ3) is 6.44. The third-order valence-corrected chi connectivity index (χ3v) is 7.29. The number of aromatic nitrogens is 2. The van der Waals surface area contributed by atoms with Crippen molar-refractivity contribution in [1.29, 1.82) is 0 Å². The number of benzene rings is 1. The minimum Gasteiger partial charge on any atom is -0.465 e. The molecule has 0 saturated heterocycles. The third-order valence-electron chi connectivity index (χ3n) is 6.29. The van der Waals surface area contributed by atoms with Crippen molar-refractivity contribution in [2.24, 2.45) is 0 Å². The van der Waals surface area contributed by atoms with Crippen LogP contribution in [0.4, 0.5) is 27.9 Å². The lowest BCUT2D eigenvalue weighted by Gasteiger charge is -2.32. The van der Waals surface area contributed by atoms with E-state index in [0.29, 0.717) is 36.4 Å². The molecule has 1 aliphatic heterocycles. The van der Waals surface area contributed by atoms with Gasteiger partial charge < -0.3 is 25.5 Å². The van der Waals surface area contributed by atoms with E-state index in [4.69, 9.17) is 11.6 Å². The molecule has 4 N–H and O–H groups in total. The van der Waals surface area contributed by atoms with Crippen molar-refractivity contribution in [3.63, 3.8) is 0 Å². The van der Waals surface area contributed by atoms with E-state index >= 15 is 0 Å². The molecule has 0 bridgehead atoms. The number of carbonyl (C=O) groups is 1. The maximum atomic E-state index is 11.8. The van der Waals surface area contributed by atoms with Gasteiger partial charge in [0.25, 0.3) is 0 Å². The molecule has 1 aromatic carbocycles. The Morgan fingerprint density at radius 2 is 1.94 bits per heavy atom. The number of carboxylic acid groups (broad SMARTS) is 1. The molecule has 0 spiro atoms. The monoisotopic (exact) mass is 523 g/mol. The Bertz CT molecular complexity index is 1200. The Morgan fingerprint density at radius 3 is 2.66 bits per heavy atom. The van der Waals surface area contributed by atoms with Crippen molar-refractivity contribution in [1.82, 2.24) is 19.6 Å². The number of likely N-dealkylation sites (N-methyl/N-ethyl adjacent to an activating group) is 1. The Morgan fingerprint density at radius 1 is 1.20 bits per heavy atom. The van der Waals surface area contributed by atoms with Crippen LogP contribution in [-0.2, 0) is 16.6 Å². The number of nitrogens with zero attached hydrogens (tertiary/aromatic N) is 4. The number of rotatable bonds is 6. The van der Waals surface area contributed by atoms with Crippen molar-refractivity contribution in [3.8, 4) is 0 Å². The average molecular weight is 524 g/mol. The lowest BCUT2D eigenvalue weighted by molar-refractivity contribution is 0.144. The molecule has 2 heterocycles. The molecule has 1 saturated carbocycles. The summed E-state index contributed by atoms with van der Waals surface area (Å²) in [5.41, 5.74) is 2.60. The fourth-order valence-electron chi connectivity index (χ4n) is 4.52. The second-order valence-electron chi connectivity index (χ2n) is 9.02. The van der Waals surface area contributed by atoms with Crippen LogP contribution in [0.5, 0.6) is 0 Å². The first-order chi connectivity index (χ1) is 16.6. The van der Waals surface area contributed by atoms with Crippen molar-refractivity contribution in [2.45, 2.75) is 44.3 Å². The summed E-state index contributed by atoms with van der Waals surface area (Å²) in [6.45, 7) is 1.33. The average Bonchev–Trinajstić information content (AvgIpc) is 2.95. The summed E-state index contributed by atoms with van der Waals surface area (Å²) in [6, 6.07) is 5.31. The van der Waals surface area contributed by atoms with Gasteiger partial charge in [0.05, 0.1) is 19.0 Å². The van der Waals surface area contributed by atoms with E-state index in [1.54, 1.807) is 0 Å². The summed E-state index contributed by atoms with van der Waals surface area (Å²) < 4.78 is 26.3. The molecule has 1 aromatic heterocycles. The molecule has 11 nitrogen and oxygen atoms in total. The van der Waals surface area contributed by atoms with Gasteiger partial charge in [-0.25, -0.2) is 22.9 Å². The van der Waals surface area contributed by atoms with Gasteiger partial charge in [-0.15, -0.1) is 0 Å². The maximum absolute atomic E-state index is 11.8. The molecule has 4 rings (SSSR count). The largest absolute Gasteiger partial charge is 0.465 e. The summed E-state index contributed by atoms with van der Waals surface area (Å²) in [5, 5.41) is 16.2. The number of amides is 1. The molecule has 2 aromatic rings. The fourth-order valence-corrected chi connectivity index (χ4v) is 5.50. The predicted octanol–water partition coefficient (Wildman–Crippen LogP) is 3.08. The highest BCUT2D eigenvalue weighted by Crippen LogP contribution is 2.30. The van der Waals surface area contributed by atoms with Gasteiger partial charge in [0.15, 0.2) is 5.82 Å². The Kier molecular flexibility index (Phi) is 7.53. The zero-order chi connectivity index (χ0) is 25.2. The minimum atomic E-state index is -3.34. The van der Waals surface area contributed by atoms with Crippen molar-refractivity contribution < 1.29 is 18.3 Å². The Labute approximate surface area is 209 Å². The zero-order valence-electron chi connectivity index (χ0n) is 19.7. The van der Waals surface area contributed by atoms with Crippen molar-refractivity contribution in [2.75, 3.05) is 41.9 Å². The summed E-state index contributed by atoms with van der Waals surface area (Å²) >= 11 is 6.36. The Balaban J connectivity index is 1.52. The molecule has 1 amide bonds. The van der Waals surface area contributed by atoms with E-state index in [1.165, 1.54) is 11.1 Å². The van der Waals surface area contributed by atoms with Crippen LogP contribution in [0.15, 0.2) is 24.4 Å². The first-order valence-electron chi connectivity index (χ1n) is 11.4. The number of halogens is 1. The number of nitrogens with one attached hydrogen (secondary N) is 3. The Hall–Kier alpha value is -2.83. The molecular formula is C22H30ClN7O4S. The van der Waals surface area contributed by atoms with Gasteiger partial charge in [-0.05, 0) is 30.5 Å². The molecule has 2 atom stereocenters. The molecule has 190 valence electrons. The number of hydrogen-bond acceptors (Lipinski definition) is 8. The van der Waals surface area contributed by atoms with Crippen LogP contribution < -0.4 is 20.3 Å². The molecule has 35 heavy (non-hydrogen) atoms. The standard InChI is InChI=1S/C22H30ClN7O4S/c1-29-9-10-30(22(31)32)13-14-7-8-15(11-19(14)29)25-21-24-12-16(23)20(27-21)26-17-5-3-4-6-18(17)28-35(2,33)34/h7-8,11-12,17-18,28H,3-6,9-10,13H2,1-2H3,(H,31,32)(H2,24,25,26,27)/t17-,18-/m1/s1. The van der Waals surface area contributed by atoms with Crippen molar-refractivity contribution in [3.05, 3.63) is 35.0 Å². The number of sulfonamides is 1. The highest BCUT2D eigenvalue weighted by Gasteiger charge is 2.28. The van der Waals surface area contributed by atoms with Crippen LogP contribution in [0.25, 0.3) is 0 Å². The highest BCUT2D eigenvalue weighted by molar-refractivity contribution is 7.88. The summed E-state index contributed by atoms with van der Waals surface area (Å²) in [5.74, 6) is 0.768. The van der Waals surface area contributed by atoms with E-state index in [2.05, 4.69) is 25.3 Å². The topological polar surface area (TPSA) is 140 Å². The lowest BCUT2D eigenvalue weighted by Crippen LogP contribution is -2.48. The molecule has 1 aliphatic carbocycles. The number of fused-ring (bicyclic) bond motifs is 1. The van der Waals surface area contributed by atoms with E-state index in [-0.39, 0.29) is 12.1 Å². The molecule has 0 radical (unpaired) electrons. The lowest BCUT2D eigenvalue weighted by atomic mass is 9.91. The van der Waals surface area contributed by atoms with E-state index in [1.807, 2.05) is 30.1 Å². The molecule has 1 fully saturated rings. The van der Waals surface area contributed by atoms with Gasteiger partial charge in [-0.1, -0.05) is 30.5 Å². The molecular weight excluding hydrogens is 494 g/mol. The normalized spacial score (nSPS) is 20.7. The molecule has 13 heteroatoms. The second kappa shape index (κ2) is 10.4. The van der Waals surface area contributed by atoms with Crippen LogP contribution >= 0.6 is 11.6 Å². The highest BCUT2D eigenvalue weighted by atomic mass is 35.5. The van der Waals surface area contributed by atoms with Crippen molar-refractivity contribution >= 4 is 50.9 Å². The fraction of sp³-hybridized carbons (Fsp3) is 0.500. The predicted molar refractivity (Wildman–Crippen MR) is 136 cm³/mol. The van der Waals surface area contributed by atoms with Gasteiger partial charge in [-0.2, -0.15) is 4.98 Å². The van der Waals surface area contributed by atoms with Crippen LogP contribution in [0.2, 0.25) is 5.02 Å². The molecule has 2 aliphatic rings. The first-order valence-corrected chi connectivity index (χ1v) is 13.7. The SMILES string of the molecule is CN1CCN(C(=O)O)Cc2ccc(Nc3ncc(Cl)c(N[C@@H]4CCCC[C@H]4NS(C)(=O)=O)n3)cc21.